The molecule has 0 spiro atoms. The van der Waals surface area contributed by atoms with E-state index in [0.717, 1.165) is 24.3 Å². The van der Waals surface area contributed by atoms with Crippen molar-refractivity contribution in [2.45, 2.75) is 51.0 Å². The zero-order valence-corrected chi connectivity index (χ0v) is 16.8. The van der Waals surface area contributed by atoms with E-state index in [1.165, 1.54) is 5.56 Å². The summed E-state index contributed by atoms with van der Waals surface area (Å²) in [5.41, 5.74) is 1.35. The largest absolute Gasteiger partial charge is 0.486 e. The summed E-state index contributed by atoms with van der Waals surface area (Å²) in [5, 5.41) is 17.1. The third kappa shape index (κ3) is 6.23. The summed E-state index contributed by atoms with van der Waals surface area (Å²) in [6.45, 7) is 5.82. The van der Waals surface area contributed by atoms with Crippen LogP contribution >= 0.6 is 0 Å². The number of ether oxygens (including phenoxy) is 2. The van der Waals surface area contributed by atoms with Crippen LogP contribution in [-0.2, 0) is 6.42 Å². The molecule has 0 aromatic heterocycles. The van der Waals surface area contributed by atoms with Crippen molar-refractivity contribution in [2.24, 2.45) is 0 Å². The van der Waals surface area contributed by atoms with E-state index in [4.69, 9.17) is 9.47 Å². The lowest BCUT2D eigenvalue weighted by molar-refractivity contribution is 0.0611. The lowest BCUT2D eigenvalue weighted by Gasteiger charge is -2.31. The van der Waals surface area contributed by atoms with Gasteiger partial charge in [-0.25, -0.2) is 0 Å². The molecule has 2 aromatic rings. The maximum atomic E-state index is 10.3. The third-order valence-corrected chi connectivity index (χ3v) is 5.17. The minimum absolute atomic E-state index is 0.0696. The molecule has 152 valence electrons. The van der Waals surface area contributed by atoms with Gasteiger partial charge in [-0.05, 0) is 44.4 Å². The molecular formula is C23H32N2O3. The van der Waals surface area contributed by atoms with Gasteiger partial charge in [0.15, 0.2) is 11.5 Å². The van der Waals surface area contributed by atoms with Crippen LogP contribution in [-0.4, -0.2) is 49.1 Å². The van der Waals surface area contributed by atoms with Gasteiger partial charge in [0.1, 0.15) is 12.7 Å². The Balaban J connectivity index is 1.32. The minimum Gasteiger partial charge on any atom is -0.486 e. The smallest absolute Gasteiger partial charge is 0.161 e. The molecule has 2 aromatic carbocycles. The fourth-order valence-electron chi connectivity index (χ4n) is 3.27. The van der Waals surface area contributed by atoms with E-state index in [9.17, 15) is 5.11 Å². The molecule has 0 saturated heterocycles. The highest BCUT2D eigenvalue weighted by Gasteiger charge is 2.26. The lowest BCUT2D eigenvalue weighted by atomic mass is 10.1. The van der Waals surface area contributed by atoms with Crippen molar-refractivity contribution in [2.75, 3.05) is 19.7 Å². The number of hydrogen-bond donors (Lipinski definition) is 3. The van der Waals surface area contributed by atoms with Crippen LogP contribution in [0.4, 0.5) is 0 Å². The Bertz CT molecular complexity index is 710. The molecule has 3 N–H and O–H groups in total. The summed E-state index contributed by atoms with van der Waals surface area (Å²) >= 11 is 0. The van der Waals surface area contributed by atoms with Gasteiger partial charge >= 0.3 is 0 Å². The first-order valence-corrected chi connectivity index (χ1v) is 10.2. The fraction of sp³-hybridized carbons (Fsp3) is 0.478. The maximum Gasteiger partial charge on any atom is 0.161 e. The number of para-hydroxylation sites is 2. The number of nitrogens with one attached hydrogen (secondary N) is 2. The molecule has 1 aliphatic heterocycles. The van der Waals surface area contributed by atoms with E-state index in [1.807, 2.05) is 30.3 Å². The van der Waals surface area contributed by atoms with Crippen LogP contribution in [0.2, 0.25) is 0 Å². The zero-order valence-electron chi connectivity index (χ0n) is 16.8. The van der Waals surface area contributed by atoms with Crippen LogP contribution < -0.4 is 20.1 Å². The van der Waals surface area contributed by atoms with Gasteiger partial charge in [-0.1, -0.05) is 42.5 Å². The first-order chi connectivity index (χ1) is 13.6. The summed E-state index contributed by atoms with van der Waals surface area (Å²) in [5.74, 6) is 1.57. The molecule has 0 amide bonds. The van der Waals surface area contributed by atoms with Crippen molar-refractivity contribution in [3.63, 3.8) is 0 Å². The Hall–Kier alpha value is -2.08. The molecule has 0 unspecified atom stereocenters. The van der Waals surface area contributed by atoms with E-state index < -0.39 is 6.10 Å². The van der Waals surface area contributed by atoms with Crippen LogP contribution in [0.3, 0.4) is 0 Å². The summed E-state index contributed by atoms with van der Waals surface area (Å²) < 4.78 is 11.8. The minimum atomic E-state index is -0.446. The molecule has 1 aliphatic rings. The van der Waals surface area contributed by atoms with Crippen LogP contribution in [0, 0.1) is 0 Å². The van der Waals surface area contributed by atoms with Crippen LogP contribution in [0.15, 0.2) is 54.6 Å². The van der Waals surface area contributed by atoms with Crippen molar-refractivity contribution in [3.8, 4) is 11.5 Å². The number of fused-ring (bicyclic) bond motifs is 1. The molecule has 0 bridgehead atoms. The second-order valence-corrected chi connectivity index (χ2v) is 7.60. The molecule has 1 heterocycles. The van der Waals surface area contributed by atoms with Gasteiger partial charge in [-0.3, -0.25) is 0 Å². The number of benzene rings is 2. The van der Waals surface area contributed by atoms with Gasteiger partial charge in [0.25, 0.3) is 0 Å². The SMILES string of the molecule is C[C@H](NC[C@H](O)CN[C@@H](C)CCc1ccccc1)[C@@H]1COc2ccccc2O1. The van der Waals surface area contributed by atoms with Gasteiger partial charge in [-0.15, -0.1) is 0 Å². The Morgan fingerprint density at radius 2 is 1.64 bits per heavy atom. The number of aryl methyl sites for hydroxylation is 1. The van der Waals surface area contributed by atoms with Crippen molar-refractivity contribution in [1.82, 2.24) is 10.6 Å². The predicted octanol–water partition coefficient (Wildman–Crippen LogP) is 2.78. The fourth-order valence-corrected chi connectivity index (χ4v) is 3.27. The van der Waals surface area contributed by atoms with Crippen molar-refractivity contribution in [1.29, 1.82) is 0 Å². The van der Waals surface area contributed by atoms with Gasteiger partial charge < -0.3 is 25.2 Å². The molecule has 28 heavy (non-hydrogen) atoms. The Morgan fingerprint density at radius 3 is 2.43 bits per heavy atom. The number of rotatable bonds is 10. The highest BCUT2D eigenvalue weighted by molar-refractivity contribution is 5.40. The number of aliphatic hydroxyl groups is 1. The van der Waals surface area contributed by atoms with Gasteiger partial charge in [0, 0.05) is 25.2 Å². The highest BCUT2D eigenvalue weighted by atomic mass is 16.6. The van der Waals surface area contributed by atoms with Crippen LogP contribution in [0.5, 0.6) is 11.5 Å². The van der Waals surface area contributed by atoms with Gasteiger partial charge in [0.05, 0.1) is 6.10 Å². The normalized spacial score (nSPS) is 19.0. The predicted molar refractivity (Wildman–Crippen MR) is 112 cm³/mol. The Morgan fingerprint density at radius 1 is 0.964 bits per heavy atom. The topological polar surface area (TPSA) is 62.8 Å². The van der Waals surface area contributed by atoms with Gasteiger partial charge in [0.2, 0.25) is 0 Å². The van der Waals surface area contributed by atoms with Crippen LogP contribution in [0.25, 0.3) is 0 Å². The number of hydrogen-bond acceptors (Lipinski definition) is 5. The molecule has 3 rings (SSSR count). The number of aliphatic hydroxyl groups excluding tert-OH is 1. The first kappa shape index (κ1) is 20.6. The summed E-state index contributed by atoms with van der Waals surface area (Å²) in [4.78, 5) is 0. The van der Waals surface area contributed by atoms with Crippen molar-refractivity contribution >= 4 is 0 Å². The second kappa shape index (κ2) is 10.5. The summed E-state index contributed by atoms with van der Waals surface area (Å²) in [7, 11) is 0. The Labute approximate surface area is 168 Å². The molecule has 0 saturated carbocycles. The van der Waals surface area contributed by atoms with E-state index in [-0.39, 0.29) is 12.1 Å². The molecule has 4 atom stereocenters. The molecule has 0 fully saturated rings. The lowest BCUT2D eigenvalue weighted by Crippen LogP contribution is -2.49. The maximum absolute atomic E-state index is 10.3. The standard InChI is InChI=1S/C23H32N2O3/c1-17(12-13-19-8-4-3-5-9-19)24-14-20(26)15-25-18(2)23-16-27-21-10-6-7-11-22(21)28-23/h3-11,17-18,20,23-26H,12-16H2,1-2H3/t17-,18-,20+,23-/m0/s1. The van der Waals surface area contributed by atoms with Crippen molar-refractivity contribution in [3.05, 3.63) is 60.2 Å². The zero-order chi connectivity index (χ0) is 19.8. The summed E-state index contributed by atoms with van der Waals surface area (Å²) in [6, 6.07) is 18.7. The molecule has 0 aliphatic carbocycles. The average molecular weight is 385 g/mol. The second-order valence-electron chi connectivity index (χ2n) is 7.60. The van der Waals surface area contributed by atoms with E-state index >= 15 is 0 Å². The third-order valence-electron chi connectivity index (χ3n) is 5.17. The highest BCUT2D eigenvalue weighted by Crippen LogP contribution is 2.31. The van der Waals surface area contributed by atoms with Gasteiger partial charge in [-0.2, -0.15) is 0 Å². The Kier molecular flexibility index (Phi) is 7.71. The summed E-state index contributed by atoms with van der Waals surface area (Å²) in [6.07, 6.45) is 1.58. The molecule has 5 heteroatoms. The molecule has 5 nitrogen and oxygen atoms in total. The molecular weight excluding hydrogens is 352 g/mol. The van der Waals surface area contributed by atoms with E-state index in [2.05, 4.69) is 48.7 Å². The monoisotopic (exact) mass is 384 g/mol. The van der Waals surface area contributed by atoms with E-state index in [0.29, 0.717) is 25.7 Å². The molecule has 0 radical (unpaired) electrons. The first-order valence-electron chi connectivity index (χ1n) is 10.2. The quantitative estimate of drug-likeness (QED) is 0.588. The van der Waals surface area contributed by atoms with Crippen molar-refractivity contribution < 1.29 is 14.6 Å². The van der Waals surface area contributed by atoms with Crippen LogP contribution in [0.1, 0.15) is 25.8 Å². The van der Waals surface area contributed by atoms with E-state index in [1.54, 1.807) is 0 Å². The average Bonchev–Trinajstić information content (AvgIpc) is 2.75.